The lowest BCUT2D eigenvalue weighted by Gasteiger charge is -2.06. The average Bonchev–Trinajstić information content (AvgIpc) is 2.67. The second-order valence-corrected chi connectivity index (χ2v) is 6.06. The Balaban J connectivity index is 2.41. The topological polar surface area (TPSA) is 88.4 Å². The lowest BCUT2D eigenvalue weighted by molar-refractivity contribution is 0.1000. The molecule has 3 N–H and O–H groups in total. The summed E-state index contributed by atoms with van der Waals surface area (Å²) in [6.07, 6.45) is 3.20. The van der Waals surface area contributed by atoms with Gasteiger partial charge in [-0.05, 0) is 46.8 Å². The van der Waals surface area contributed by atoms with Crippen molar-refractivity contribution in [3.8, 4) is 0 Å². The van der Waals surface area contributed by atoms with Gasteiger partial charge in [-0.2, -0.15) is 0 Å². The van der Waals surface area contributed by atoms with E-state index in [2.05, 4.69) is 0 Å². The van der Waals surface area contributed by atoms with Gasteiger partial charge in [0.15, 0.2) is 0 Å². The van der Waals surface area contributed by atoms with E-state index >= 15 is 0 Å². The number of allylic oxidation sites excluding steroid dienone is 1. The maximum atomic E-state index is 12.4. The maximum Gasteiger partial charge on any atom is 0.263 e. The maximum absolute atomic E-state index is 12.4. The summed E-state index contributed by atoms with van der Waals surface area (Å²) in [6.45, 7) is 1.85. The van der Waals surface area contributed by atoms with Gasteiger partial charge >= 0.3 is 0 Å². The molecule has 1 aliphatic heterocycles. The number of hydrogen-bond donors (Lipinski definition) is 2. The first kappa shape index (κ1) is 11.9. The van der Waals surface area contributed by atoms with Crippen molar-refractivity contribution in [1.29, 1.82) is 4.78 Å². The lowest BCUT2D eigenvalue weighted by Crippen LogP contribution is -2.19. The Morgan fingerprint density at radius 1 is 1.42 bits per heavy atom. The monoisotopic (exact) mass is 273 g/mol. The molecule has 3 heterocycles. The fraction of sp³-hybridized carbons (Fsp3) is 0.0769. The van der Waals surface area contributed by atoms with E-state index in [4.69, 9.17) is 10.5 Å². The zero-order chi connectivity index (χ0) is 13.7. The number of primary amides is 1. The molecule has 2 aromatic rings. The lowest BCUT2D eigenvalue weighted by atomic mass is 10.2. The number of amides is 1. The summed E-state index contributed by atoms with van der Waals surface area (Å²) in [5.74, 6) is -0.568. The van der Waals surface area contributed by atoms with E-state index in [0.29, 0.717) is 11.1 Å². The van der Waals surface area contributed by atoms with Gasteiger partial charge in [0.25, 0.3) is 5.56 Å². The van der Waals surface area contributed by atoms with Crippen LogP contribution in [0.4, 0.5) is 0 Å². The molecule has 1 amide bonds. The zero-order valence-corrected chi connectivity index (χ0v) is 11.0. The van der Waals surface area contributed by atoms with Crippen molar-refractivity contribution in [2.45, 2.75) is 11.8 Å². The Morgan fingerprint density at radius 3 is 2.84 bits per heavy atom. The molecule has 0 spiro atoms. The normalized spacial score (nSPS) is 17.3. The molecule has 19 heavy (non-hydrogen) atoms. The van der Waals surface area contributed by atoms with Crippen LogP contribution in [0.3, 0.4) is 0 Å². The Bertz CT molecular complexity index is 849. The van der Waals surface area contributed by atoms with Crippen LogP contribution in [0.25, 0.3) is 11.6 Å². The van der Waals surface area contributed by atoms with E-state index in [1.54, 1.807) is 18.2 Å². The molecule has 0 fully saturated rings. The number of nitrogens with two attached hydrogens (primary N) is 1. The molecule has 3 rings (SSSR count). The minimum absolute atomic E-state index is 0.211. The van der Waals surface area contributed by atoms with Crippen LogP contribution in [0.1, 0.15) is 22.8 Å². The molecule has 0 saturated heterocycles. The fourth-order valence-corrected chi connectivity index (χ4v) is 3.32. The van der Waals surface area contributed by atoms with Crippen LogP contribution in [0, 0.1) is 4.78 Å². The Labute approximate surface area is 111 Å². The molecule has 1 unspecified atom stereocenters. The highest BCUT2D eigenvalue weighted by molar-refractivity contribution is 7.90. The highest BCUT2D eigenvalue weighted by Crippen LogP contribution is 2.28. The van der Waals surface area contributed by atoms with Gasteiger partial charge in [-0.3, -0.25) is 18.8 Å². The molecular weight excluding hydrogens is 262 g/mol. The molecule has 2 aromatic heterocycles. The minimum Gasteiger partial charge on any atom is -0.366 e. The van der Waals surface area contributed by atoms with Gasteiger partial charge in [-0.15, -0.1) is 0 Å². The number of carbonyl (C=O) groups is 1. The number of rotatable bonds is 1. The summed E-state index contributed by atoms with van der Waals surface area (Å²) < 4.78 is 9.45. The van der Waals surface area contributed by atoms with Crippen molar-refractivity contribution < 1.29 is 4.79 Å². The number of fused-ring (bicyclic) bond motifs is 2. The SMILES string of the molecule is CC1=Cc2c(cc3ccc(C(N)=O)cn3c2=O)S1=N. The number of nitrogens with zero attached hydrogens (tertiary/aromatic N) is 1. The molecule has 5 nitrogen and oxygen atoms in total. The van der Waals surface area contributed by atoms with E-state index in [-0.39, 0.29) is 11.1 Å². The Morgan fingerprint density at radius 2 is 2.16 bits per heavy atom. The van der Waals surface area contributed by atoms with E-state index < -0.39 is 16.6 Å². The summed E-state index contributed by atoms with van der Waals surface area (Å²) in [5, 5.41) is 0. The van der Waals surface area contributed by atoms with Crippen molar-refractivity contribution >= 4 is 28.2 Å². The van der Waals surface area contributed by atoms with Crippen LogP contribution in [0.5, 0.6) is 0 Å². The van der Waals surface area contributed by atoms with Crippen LogP contribution in [0.15, 0.2) is 39.0 Å². The molecule has 6 heteroatoms. The van der Waals surface area contributed by atoms with Crippen molar-refractivity contribution in [3.05, 3.63) is 50.8 Å². The van der Waals surface area contributed by atoms with Crippen molar-refractivity contribution in [2.24, 2.45) is 5.73 Å². The Hall–Kier alpha value is -2.21. The van der Waals surface area contributed by atoms with Gasteiger partial charge in [0, 0.05) is 16.6 Å². The van der Waals surface area contributed by atoms with Crippen LogP contribution in [-0.2, 0) is 10.7 Å². The summed E-state index contributed by atoms with van der Waals surface area (Å²) in [5.41, 5.74) is 6.50. The number of hydrogen-bond acceptors (Lipinski definition) is 3. The smallest absolute Gasteiger partial charge is 0.263 e. The van der Waals surface area contributed by atoms with E-state index in [1.165, 1.54) is 10.6 Å². The van der Waals surface area contributed by atoms with E-state index in [0.717, 1.165) is 9.80 Å². The van der Waals surface area contributed by atoms with Crippen LogP contribution >= 0.6 is 0 Å². The van der Waals surface area contributed by atoms with Gasteiger partial charge in [-0.1, -0.05) is 0 Å². The quantitative estimate of drug-likeness (QED) is 0.824. The summed E-state index contributed by atoms with van der Waals surface area (Å²) in [7, 11) is -0.767. The van der Waals surface area contributed by atoms with Crippen molar-refractivity contribution in [2.75, 3.05) is 0 Å². The number of carbonyl (C=O) groups excluding carboxylic acids is 1. The standard InChI is InChI=1S/C13H11N3O2S/c1-7-4-10-11(19(7)15)5-9-3-2-8(12(14)17)6-16(9)13(10)18/h2-6,15H,1H3,(H2,14,17). The molecule has 0 radical (unpaired) electrons. The van der Waals surface area contributed by atoms with Gasteiger partial charge in [0.2, 0.25) is 5.91 Å². The van der Waals surface area contributed by atoms with Gasteiger partial charge in [-0.25, -0.2) is 0 Å². The molecule has 0 bridgehead atoms. The molecule has 1 aliphatic rings. The summed E-state index contributed by atoms with van der Waals surface area (Å²) in [6, 6.07) is 5.08. The van der Waals surface area contributed by atoms with Crippen molar-refractivity contribution in [3.63, 3.8) is 0 Å². The average molecular weight is 273 g/mol. The largest absolute Gasteiger partial charge is 0.366 e. The van der Waals surface area contributed by atoms with Gasteiger partial charge in [0.1, 0.15) is 0 Å². The van der Waals surface area contributed by atoms with Crippen molar-refractivity contribution in [1.82, 2.24) is 4.40 Å². The fourth-order valence-electron chi connectivity index (χ4n) is 2.14. The van der Waals surface area contributed by atoms with Crippen LogP contribution < -0.4 is 11.3 Å². The molecule has 1 atom stereocenters. The number of aromatic nitrogens is 1. The van der Waals surface area contributed by atoms with Gasteiger partial charge in [0.05, 0.1) is 11.1 Å². The number of nitrogens with one attached hydrogen (secondary N) is 1. The molecule has 0 saturated carbocycles. The number of pyridine rings is 2. The van der Waals surface area contributed by atoms with E-state index in [1.807, 2.05) is 13.0 Å². The third-order valence-electron chi connectivity index (χ3n) is 3.15. The second kappa shape index (κ2) is 3.89. The first-order valence-electron chi connectivity index (χ1n) is 5.62. The van der Waals surface area contributed by atoms with Crippen LogP contribution in [-0.4, -0.2) is 10.3 Å². The highest BCUT2D eigenvalue weighted by Gasteiger charge is 2.19. The highest BCUT2D eigenvalue weighted by atomic mass is 32.2. The predicted molar refractivity (Wildman–Crippen MR) is 74.2 cm³/mol. The molecular formula is C13H11N3O2S. The molecule has 0 aliphatic carbocycles. The zero-order valence-electron chi connectivity index (χ0n) is 10.1. The predicted octanol–water partition coefficient (Wildman–Crippen LogP) is 1.51. The van der Waals surface area contributed by atoms with Gasteiger partial charge < -0.3 is 5.73 Å². The van der Waals surface area contributed by atoms with Crippen LogP contribution in [0.2, 0.25) is 0 Å². The summed E-state index contributed by atoms with van der Waals surface area (Å²) in [4.78, 5) is 25.2. The first-order valence-corrected chi connectivity index (χ1v) is 6.84. The molecule has 0 aromatic carbocycles. The first-order chi connectivity index (χ1) is 8.99. The van der Waals surface area contributed by atoms with E-state index in [9.17, 15) is 9.59 Å². The molecule has 96 valence electrons. The Kier molecular flexibility index (Phi) is 2.43. The third-order valence-corrected chi connectivity index (χ3v) is 4.69. The third kappa shape index (κ3) is 1.64. The minimum atomic E-state index is -0.767. The second-order valence-electron chi connectivity index (χ2n) is 4.37. The summed E-state index contributed by atoms with van der Waals surface area (Å²) >= 11 is 0.